The van der Waals surface area contributed by atoms with E-state index in [9.17, 15) is 8.78 Å². The highest BCUT2D eigenvalue weighted by Crippen LogP contribution is 2.39. The van der Waals surface area contributed by atoms with Crippen LogP contribution in [0.25, 0.3) is 0 Å². The zero-order valence-corrected chi connectivity index (χ0v) is 10.0. The highest BCUT2D eigenvalue weighted by atomic mass is 19.3. The topological polar surface area (TPSA) is 21.3 Å². The first-order chi connectivity index (χ1) is 7.98. The van der Waals surface area contributed by atoms with Gasteiger partial charge in [-0.1, -0.05) is 18.2 Å². The number of halogens is 2. The fourth-order valence-electron chi connectivity index (χ4n) is 2.22. The van der Waals surface area contributed by atoms with E-state index in [-0.39, 0.29) is 18.2 Å². The Morgan fingerprint density at radius 2 is 2.12 bits per heavy atom. The van der Waals surface area contributed by atoms with Crippen LogP contribution in [0, 0.1) is 0 Å². The Morgan fingerprint density at radius 3 is 2.82 bits per heavy atom. The zero-order chi connectivity index (χ0) is 12.5. The minimum atomic E-state index is -2.33. The lowest BCUT2D eigenvalue weighted by atomic mass is 9.90. The van der Waals surface area contributed by atoms with Crippen LogP contribution in [0.4, 0.5) is 8.78 Å². The Labute approximate surface area is 100.0 Å². The number of rotatable bonds is 3. The fraction of sp³-hybridized carbons (Fsp3) is 0.538. The fourth-order valence-corrected chi connectivity index (χ4v) is 2.22. The maximum absolute atomic E-state index is 12.3. The van der Waals surface area contributed by atoms with E-state index >= 15 is 0 Å². The largest absolute Gasteiger partial charge is 0.487 e. The summed E-state index contributed by atoms with van der Waals surface area (Å²) in [6, 6.07) is 7.53. The van der Waals surface area contributed by atoms with Gasteiger partial charge in [0.2, 0.25) is 0 Å². The summed E-state index contributed by atoms with van der Waals surface area (Å²) in [4.78, 5) is 0. The number of benzene rings is 1. The van der Waals surface area contributed by atoms with Gasteiger partial charge in [0.25, 0.3) is 6.43 Å². The van der Waals surface area contributed by atoms with E-state index in [0.29, 0.717) is 6.42 Å². The van der Waals surface area contributed by atoms with Crippen LogP contribution in [0.2, 0.25) is 0 Å². The first-order valence-corrected chi connectivity index (χ1v) is 5.77. The molecule has 94 valence electrons. The molecule has 1 aliphatic rings. The van der Waals surface area contributed by atoms with E-state index in [2.05, 4.69) is 5.32 Å². The number of fused-ring (bicyclic) bond motifs is 1. The van der Waals surface area contributed by atoms with E-state index in [1.54, 1.807) is 0 Å². The second kappa shape index (κ2) is 4.61. The van der Waals surface area contributed by atoms with Crippen molar-refractivity contribution in [1.29, 1.82) is 0 Å². The molecule has 2 rings (SSSR count). The van der Waals surface area contributed by atoms with Crippen LogP contribution in [0.3, 0.4) is 0 Å². The van der Waals surface area contributed by atoms with Crippen LogP contribution in [-0.2, 0) is 0 Å². The normalized spacial score (nSPS) is 22.1. The van der Waals surface area contributed by atoms with Crippen LogP contribution < -0.4 is 10.1 Å². The molecular weight excluding hydrogens is 224 g/mol. The van der Waals surface area contributed by atoms with Crippen molar-refractivity contribution in [2.75, 3.05) is 6.54 Å². The summed E-state index contributed by atoms with van der Waals surface area (Å²) >= 11 is 0. The highest BCUT2D eigenvalue weighted by molar-refractivity contribution is 5.38. The monoisotopic (exact) mass is 241 g/mol. The van der Waals surface area contributed by atoms with Crippen molar-refractivity contribution in [3.8, 4) is 5.75 Å². The first-order valence-electron chi connectivity index (χ1n) is 5.77. The molecular formula is C13H17F2NO. The quantitative estimate of drug-likeness (QED) is 0.877. The molecule has 1 aromatic carbocycles. The maximum Gasteiger partial charge on any atom is 0.250 e. The summed E-state index contributed by atoms with van der Waals surface area (Å²) in [5.74, 6) is 0.788. The van der Waals surface area contributed by atoms with Crippen molar-refractivity contribution < 1.29 is 13.5 Å². The standard InChI is InChI=1S/C13H17F2NO/c1-13(2)7-10(16-8-12(14)15)9-5-3-4-6-11(9)17-13/h3-6,10,12,16H,7-8H2,1-2H3. The Hall–Kier alpha value is -1.16. The molecule has 1 atom stereocenters. The van der Waals surface area contributed by atoms with Crippen LogP contribution in [0.15, 0.2) is 24.3 Å². The molecule has 0 saturated carbocycles. The second-order valence-electron chi connectivity index (χ2n) is 4.96. The van der Waals surface area contributed by atoms with Gasteiger partial charge in [-0.15, -0.1) is 0 Å². The predicted octanol–water partition coefficient (Wildman–Crippen LogP) is 3.14. The number of hydrogen-bond donors (Lipinski definition) is 1. The molecule has 1 aliphatic heterocycles. The summed E-state index contributed by atoms with van der Waals surface area (Å²) in [6.07, 6.45) is -1.63. The van der Waals surface area contributed by atoms with Crippen LogP contribution in [0.5, 0.6) is 5.75 Å². The summed E-state index contributed by atoms with van der Waals surface area (Å²) in [7, 11) is 0. The van der Waals surface area contributed by atoms with Gasteiger partial charge in [0.15, 0.2) is 0 Å². The molecule has 1 N–H and O–H groups in total. The van der Waals surface area contributed by atoms with Gasteiger partial charge in [0.1, 0.15) is 11.4 Å². The van der Waals surface area contributed by atoms with Gasteiger partial charge >= 0.3 is 0 Å². The number of alkyl halides is 2. The molecule has 0 saturated heterocycles. The molecule has 0 amide bonds. The molecule has 4 heteroatoms. The lowest BCUT2D eigenvalue weighted by Gasteiger charge is -2.38. The summed E-state index contributed by atoms with van der Waals surface area (Å²) < 4.78 is 30.4. The minimum absolute atomic E-state index is 0.0658. The molecule has 0 fully saturated rings. The van der Waals surface area contributed by atoms with Crippen molar-refractivity contribution in [2.24, 2.45) is 0 Å². The van der Waals surface area contributed by atoms with Crippen molar-refractivity contribution >= 4 is 0 Å². The van der Waals surface area contributed by atoms with E-state index in [1.165, 1.54) is 0 Å². The van der Waals surface area contributed by atoms with E-state index < -0.39 is 6.43 Å². The van der Waals surface area contributed by atoms with Crippen LogP contribution >= 0.6 is 0 Å². The van der Waals surface area contributed by atoms with Crippen LogP contribution in [0.1, 0.15) is 31.9 Å². The first kappa shape index (κ1) is 12.3. The zero-order valence-electron chi connectivity index (χ0n) is 10.0. The number of para-hydroxylation sites is 1. The maximum atomic E-state index is 12.3. The van der Waals surface area contributed by atoms with E-state index in [4.69, 9.17) is 4.74 Å². The van der Waals surface area contributed by atoms with Crippen molar-refractivity contribution in [3.05, 3.63) is 29.8 Å². The number of nitrogens with one attached hydrogen (secondary N) is 1. The third-order valence-corrected chi connectivity index (χ3v) is 2.89. The number of hydrogen-bond acceptors (Lipinski definition) is 2. The van der Waals surface area contributed by atoms with Crippen molar-refractivity contribution in [2.45, 2.75) is 38.3 Å². The minimum Gasteiger partial charge on any atom is -0.487 e. The third kappa shape index (κ3) is 2.94. The Balaban J connectivity index is 2.20. The number of ether oxygens (including phenoxy) is 1. The molecule has 0 spiro atoms. The molecule has 0 aliphatic carbocycles. The summed E-state index contributed by atoms with van der Waals surface area (Å²) in [6.45, 7) is 3.66. The molecule has 17 heavy (non-hydrogen) atoms. The van der Waals surface area contributed by atoms with Gasteiger partial charge in [-0.2, -0.15) is 0 Å². The molecule has 0 radical (unpaired) electrons. The molecule has 1 unspecified atom stereocenters. The second-order valence-corrected chi connectivity index (χ2v) is 4.96. The van der Waals surface area contributed by atoms with Crippen LogP contribution in [-0.4, -0.2) is 18.6 Å². The highest BCUT2D eigenvalue weighted by Gasteiger charge is 2.33. The van der Waals surface area contributed by atoms with Gasteiger partial charge in [0.05, 0.1) is 6.54 Å². The predicted molar refractivity (Wildman–Crippen MR) is 62.5 cm³/mol. The smallest absolute Gasteiger partial charge is 0.250 e. The van der Waals surface area contributed by atoms with Gasteiger partial charge < -0.3 is 10.1 Å². The molecule has 1 aromatic rings. The summed E-state index contributed by atoms with van der Waals surface area (Å²) in [5, 5.41) is 2.90. The van der Waals surface area contributed by atoms with Gasteiger partial charge in [0, 0.05) is 18.0 Å². The average molecular weight is 241 g/mol. The molecule has 1 heterocycles. The Bertz CT molecular complexity index is 393. The van der Waals surface area contributed by atoms with Gasteiger partial charge in [-0.05, 0) is 19.9 Å². The Morgan fingerprint density at radius 1 is 1.41 bits per heavy atom. The Kier molecular flexibility index (Phi) is 3.33. The summed E-state index contributed by atoms with van der Waals surface area (Å²) in [5.41, 5.74) is 0.640. The SMILES string of the molecule is CC1(C)CC(NCC(F)F)c2ccccc2O1. The van der Waals surface area contributed by atoms with Crippen molar-refractivity contribution in [3.63, 3.8) is 0 Å². The van der Waals surface area contributed by atoms with Crippen molar-refractivity contribution in [1.82, 2.24) is 5.32 Å². The molecule has 0 aromatic heterocycles. The third-order valence-electron chi connectivity index (χ3n) is 2.89. The lowest BCUT2D eigenvalue weighted by Crippen LogP contribution is -2.40. The molecule has 0 bridgehead atoms. The van der Waals surface area contributed by atoms with Gasteiger partial charge in [-0.25, -0.2) is 8.78 Å². The van der Waals surface area contributed by atoms with E-state index in [0.717, 1.165) is 11.3 Å². The van der Waals surface area contributed by atoms with Gasteiger partial charge in [-0.3, -0.25) is 0 Å². The average Bonchev–Trinajstić information content (AvgIpc) is 2.24. The molecule has 2 nitrogen and oxygen atoms in total. The van der Waals surface area contributed by atoms with E-state index in [1.807, 2.05) is 38.1 Å². The lowest BCUT2D eigenvalue weighted by molar-refractivity contribution is 0.0598.